The number of aryl methyl sites for hydroxylation is 1. The molecule has 0 saturated heterocycles. The second-order valence-electron chi connectivity index (χ2n) is 4.91. The minimum atomic E-state index is -1.03. The van der Waals surface area contributed by atoms with Crippen molar-refractivity contribution in [1.29, 1.82) is 0 Å². The summed E-state index contributed by atoms with van der Waals surface area (Å²) in [5.74, 6) is -0.351. The van der Waals surface area contributed by atoms with Gasteiger partial charge in [0.15, 0.2) is 0 Å². The number of hydrogen-bond donors (Lipinski definition) is 1. The van der Waals surface area contributed by atoms with Gasteiger partial charge in [0.1, 0.15) is 10.6 Å². The molecule has 1 aliphatic carbocycles. The molecule has 1 N–H and O–H groups in total. The fourth-order valence-corrected chi connectivity index (χ4v) is 3.55. The topological polar surface area (TPSA) is 59.4 Å². The van der Waals surface area contributed by atoms with Crippen LogP contribution in [0, 0.1) is 0 Å². The molecule has 5 heteroatoms. The van der Waals surface area contributed by atoms with Gasteiger partial charge in [0.25, 0.3) is 0 Å². The highest BCUT2D eigenvalue weighted by molar-refractivity contribution is 7.09. The summed E-state index contributed by atoms with van der Waals surface area (Å²) in [4.78, 5) is 15.9. The molecule has 0 bridgehead atoms. The molecule has 3 rings (SSSR count). The van der Waals surface area contributed by atoms with Crippen LogP contribution in [-0.4, -0.2) is 23.2 Å². The Morgan fingerprint density at radius 1 is 1.50 bits per heavy atom. The molecule has 1 aromatic heterocycles. The summed E-state index contributed by atoms with van der Waals surface area (Å²) in [7, 11) is 1.37. The quantitative estimate of drug-likeness (QED) is 0.863. The zero-order chi connectivity index (χ0) is 14.2. The zero-order valence-electron chi connectivity index (χ0n) is 11.1. The van der Waals surface area contributed by atoms with E-state index in [1.807, 2.05) is 17.5 Å². The van der Waals surface area contributed by atoms with E-state index in [2.05, 4.69) is 4.98 Å². The Labute approximate surface area is 121 Å². The number of aliphatic hydroxyl groups is 1. The molecule has 1 aromatic carbocycles. The van der Waals surface area contributed by atoms with Gasteiger partial charge in [-0.1, -0.05) is 6.07 Å². The second kappa shape index (κ2) is 5.00. The third-order valence-electron chi connectivity index (χ3n) is 3.74. The molecule has 1 heterocycles. The first-order chi connectivity index (χ1) is 9.65. The minimum absolute atomic E-state index is 0.351. The van der Waals surface area contributed by atoms with E-state index in [1.54, 1.807) is 12.3 Å². The number of ether oxygens (including phenoxy) is 1. The largest absolute Gasteiger partial charge is 0.465 e. The maximum Gasteiger partial charge on any atom is 0.337 e. The number of esters is 1. The van der Waals surface area contributed by atoms with Gasteiger partial charge >= 0.3 is 5.97 Å². The molecule has 2 aromatic rings. The maximum absolute atomic E-state index is 11.6. The molecule has 4 nitrogen and oxygen atoms in total. The number of rotatable bonds is 2. The predicted molar refractivity (Wildman–Crippen MR) is 75.8 cm³/mol. The van der Waals surface area contributed by atoms with Crippen molar-refractivity contribution in [3.63, 3.8) is 0 Å². The molecule has 1 aliphatic rings. The summed E-state index contributed by atoms with van der Waals surface area (Å²) >= 11 is 1.45. The molecule has 0 radical (unpaired) electrons. The van der Waals surface area contributed by atoms with Gasteiger partial charge in [-0.3, -0.25) is 0 Å². The molecule has 1 atom stereocenters. The minimum Gasteiger partial charge on any atom is -0.465 e. The number of carbonyl (C=O) groups is 1. The van der Waals surface area contributed by atoms with Crippen LogP contribution >= 0.6 is 11.3 Å². The standard InChI is InChI=1S/C15H15NO3S/c1-19-13(17)11-4-5-12-10(9-11)3-2-6-15(12,18)14-16-7-8-20-14/h4-5,7-9,18H,2-3,6H2,1H3/t15-/m0/s1. The molecule has 0 saturated carbocycles. The molecule has 0 amide bonds. The lowest BCUT2D eigenvalue weighted by atomic mass is 9.79. The number of hydrogen-bond acceptors (Lipinski definition) is 5. The average molecular weight is 289 g/mol. The third kappa shape index (κ3) is 2.03. The van der Waals surface area contributed by atoms with Crippen LogP contribution in [0.5, 0.6) is 0 Å². The van der Waals surface area contributed by atoms with Crippen LogP contribution in [0.4, 0.5) is 0 Å². The third-order valence-corrected chi connectivity index (χ3v) is 4.67. The van der Waals surface area contributed by atoms with Crippen LogP contribution < -0.4 is 0 Å². The molecule has 20 heavy (non-hydrogen) atoms. The van der Waals surface area contributed by atoms with Crippen LogP contribution in [0.25, 0.3) is 0 Å². The zero-order valence-corrected chi connectivity index (χ0v) is 11.9. The van der Waals surface area contributed by atoms with E-state index in [9.17, 15) is 9.90 Å². The fraction of sp³-hybridized carbons (Fsp3) is 0.333. The Balaban J connectivity index is 2.08. The van der Waals surface area contributed by atoms with Gasteiger partial charge in [-0.2, -0.15) is 0 Å². The Morgan fingerprint density at radius 3 is 3.05 bits per heavy atom. The van der Waals surface area contributed by atoms with E-state index in [0.717, 1.165) is 24.0 Å². The summed E-state index contributed by atoms with van der Waals surface area (Å²) in [5.41, 5.74) is 1.34. The monoisotopic (exact) mass is 289 g/mol. The predicted octanol–water partition coefficient (Wildman–Crippen LogP) is 2.50. The lowest BCUT2D eigenvalue weighted by Crippen LogP contribution is -2.32. The lowest BCUT2D eigenvalue weighted by molar-refractivity contribution is 0.0583. The fourth-order valence-electron chi connectivity index (χ4n) is 2.77. The molecule has 0 unspecified atom stereocenters. The van der Waals surface area contributed by atoms with Crippen molar-refractivity contribution < 1.29 is 14.6 Å². The number of carbonyl (C=O) groups excluding carboxylic acids is 1. The van der Waals surface area contributed by atoms with Gasteiger partial charge in [-0.15, -0.1) is 11.3 Å². The Bertz CT molecular complexity index is 639. The van der Waals surface area contributed by atoms with E-state index >= 15 is 0 Å². The first-order valence-corrected chi connectivity index (χ1v) is 7.37. The molecule has 0 aliphatic heterocycles. The second-order valence-corrected chi connectivity index (χ2v) is 5.81. The summed E-state index contributed by atoms with van der Waals surface area (Å²) in [6.07, 6.45) is 4.09. The van der Waals surface area contributed by atoms with Crippen molar-refractivity contribution in [3.05, 3.63) is 51.5 Å². The van der Waals surface area contributed by atoms with Crippen molar-refractivity contribution >= 4 is 17.3 Å². The smallest absolute Gasteiger partial charge is 0.337 e. The van der Waals surface area contributed by atoms with Crippen LogP contribution in [-0.2, 0) is 16.8 Å². The number of nitrogens with zero attached hydrogens (tertiary/aromatic N) is 1. The Morgan fingerprint density at radius 2 is 2.35 bits per heavy atom. The Kier molecular flexibility index (Phi) is 3.31. The van der Waals surface area contributed by atoms with Crippen LogP contribution in [0.15, 0.2) is 29.8 Å². The summed E-state index contributed by atoms with van der Waals surface area (Å²) < 4.78 is 4.74. The number of fused-ring (bicyclic) bond motifs is 1. The summed E-state index contributed by atoms with van der Waals surface area (Å²) in [5, 5.41) is 13.6. The average Bonchev–Trinajstić information content (AvgIpc) is 3.01. The Hall–Kier alpha value is -1.72. The van der Waals surface area contributed by atoms with Gasteiger partial charge in [-0.05, 0) is 42.5 Å². The van der Waals surface area contributed by atoms with Crippen molar-refractivity contribution in [1.82, 2.24) is 4.98 Å². The molecular weight excluding hydrogens is 274 g/mol. The number of methoxy groups -OCH3 is 1. The van der Waals surface area contributed by atoms with E-state index in [-0.39, 0.29) is 5.97 Å². The van der Waals surface area contributed by atoms with E-state index in [4.69, 9.17) is 4.74 Å². The van der Waals surface area contributed by atoms with Crippen molar-refractivity contribution in [2.75, 3.05) is 7.11 Å². The van der Waals surface area contributed by atoms with Crippen molar-refractivity contribution in [2.45, 2.75) is 24.9 Å². The highest BCUT2D eigenvalue weighted by Gasteiger charge is 2.38. The first-order valence-electron chi connectivity index (χ1n) is 6.49. The van der Waals surface area contributed by atoms with Crippen molar-refractivity contribution in [2.24, 2.45) is 0 Å². The lowest BCUT2D eigenvalue weighted by Gasteiger charge is -2.33. The number of benzene rings is 1. The van der Waals surface area contributed by atoms with Gasteiger partial charge in [0.05, 0.1) is 12.7 Å². The normalized spacial score (nSPS) is 21.3. The SMILES string of the molecule is COC(=O)c1ccc2c(c1)CCC[C@@]2(O)c1nccs1. The molecule has 0 spiro atoms. The molecular formula is C15H15NO3S. The van der Waals surface area contributed by atoms with Gasteiger partial charge < -0.3 is 9.84 Å². The number of aromatic nitrogens is 1. The first kappa shape index (κ1) is 13.3. The summed E-state index contributed by atoms with van der Waals surface area (Å²) in [6, 6.07) is 5.34. The summed E-state index contributed by atoms with van der Waals surface area (Å²) in [6.45, 7) is 0. The van der Waals surface area contributed by atoms with E-state index in [0.29, 0.717) is 17.0 Å². The van der Waals surface area contributed by atoms with E-state index in [1.165, 1.54) is 18.4 Å². The van der Waals surface area contributed by atoms with Gasteiger partial charge in [0.2, 0.25) is 0 Å². The van der Waals surface area contributed by atoms with Crippen LogP contribution in [0.3, 0.4) is 0 Å². The number of thiazole rings is 1. The maximum atomic E-state index is 11.6. The van der Waals surface area contributed by atoms with Crippen LogP contribution in [0.1, 0.15) is 39.3 Å². The van der Waals surface area contributed by atoms with Crippen LogP contribution in [0.2, 0.25) is 0 Å². The molecule has 0 fully saturated rings. The van der Waals surface area contributed by atoms with Crippen molar-refractivity contribution in [3.8, 4) is 0 Å². The molecule has 104 valence electrons. The highest BCUT2D eigenvalue weighted by Crippen LogP contribution is 2.41. The van der Waals surface area contributed by atoms with Gasteiger partial charge in [0, 0.05) is 11.6 Å². The van der Waals surface area contributed by atoms with E-state index < -0.39 is 5.60 Å². The van der Waals surface area contributed by atoms with Gasteiger partial charge in [-0.25, -0.2) is 9.78 Å². The highest BCUT2D eigenvalue weighted by atomic mass is 32.1.